The van der Waals surface area contributed by atoms with Crippen molar-refractivity contribution >= 4 is 11.7 Å². The Bertz CT molecular complexity index is 590. The number of nitrogens with zero attached hydrogens (tertiary/aromatic N) is 4. The van der Waals surface area contributed by atoms with Gasteiger partial charge in [-0.2, -0.15) is 0 Å². The van der Waals surface area contributed by atoms with Crippen molar-refractivity contribution in [1.29, 1.82) is 0 Å². The molecule has 0 aliphatic heterocycles. The standard InChI is InChI=1S/C15H19N5O/c21-15(8-12-4-2-1-3-5-12)19-13-9-14(18-10-17-13)20-7-6-16-11-20/h6-7,9-12H,1-5,8H2,(H,17,18,19,21). The molecule has 1 N–H and O–H groups in total. The molecule has 0 spiro atoms. The molecule has 0 aromatic carbocycles. The molecule has 2 aromatic heterocycles. The van der Waals surface area contributed by atoms with Crippen LogP contribution in [0.4, 0.5) is 5.82 Å². The van der Waals surface area contributed by atoms with E-state index in [0.717, 1.165) is 12.8 Å². The summed E-state index contributed by atoms with van der Waals surface area (Å²) in [6.45, 7) is 0. The van der Waals surface area contributed by atoms with E-state index in [9.17, 15) is 4.79 Å². The molecule has 1 fully saturated rings. The molecule has 6 nitrogen and oxygen atoms in total. The van der Waals surface area contributed by atoms with Gasteiger partial charge in [-0.25, -0.2) is 15.0 Å². The van der Waals surface area contributed by atoms with E-state index in [1.165, 1.54) is 25.6 Å². The van der Waals surface area contributed by atoms with Gasteiger partial charge >= 0.3 is 0 Å². The van der Waals surface area contributed by atoms with Gasteiger partial charge in [0.2, 0.25) is 5.91 Å². The maximum absolute atomic E-state index is 12.1. The molecule has 2 heterocycles. The minimum atomic E-state index is 0.0391. The zero-order valence-electron chi connectivity index (χ0n) is 11.9. The summed E-state index contributed by atoms with van der Waals surface area (Å²) >= 11 is 0. The molecule has 0 radical (unpaired) electrons. The molecule has 2 aromatic rings. The molecule has 0 atom stereocenters. The van der Waals surface area contributed by atoms with E-state index in [1.54, 1.807) is 29.4 Å². The molecule has 21 heavy (non-hydrogen) atoms. The third kappa shape index (κ3) is 3.65. The topological polar surface area (TPSA) is 72.7 Å². The van der Waals surface area contributed by atoms with E-state index in [0.29, 0.717) is 24.0 Å². The molecule has 1 aliphatic rings. The number of imidazole rings is 1. The Hall–Kier alpha value is -2.24. The number of nitrogens with one attached hydrogen (secondary N) is 1. The Morgan fingerprint density at radius 3 is 2.90 bits per heavy atom. The summed E-state index contributed by atoms with van der Waals surface area (Å²) in [7, 11) is 0. The number of hydrogen-bond acceptors (Lipinski definition) is 4. The summed E-state index contributed by atoms with van der Waals surface area (Å²) in [4.78, 5) is 24.3. The molecule has 3 rings (SSSR count). The van der Waals surface area contributed by atoms with E-state index in [2.05, 4.69) is 20.3 Å². The second-order valence-electron chi connectivity index (χ2n) is 5.49. The van der Waals surface area contributed by atoms with Crippen molar-refractivity contribution in [2.45, 2.75) is 38.5 Å². The first-order valence-electron chi connectivity index (χ1n) is 7.41. The highest BCUT2D eigenvalue weighted by atomic mass is 16.1. The van der Waals surface area contributed by atoms with Crippen LogP contribution in [0.3, 0.4) is 0 Å². The van der Waals surface area contributed by atoms with Gasteiger partial charge < -0.3 is 5.32 Å². The van der Waals surface area contributed by atoms with E-state index >= 15 is 0 Å². The lowest BCUT2D eigenvalue weighted by Crippen LogP contribution is -2.19. The van der Waals surface area contributed by atoms with Crippen LogP contribution in [0.1, 0.15) is 38.5 Å². The Labute approximate surface area is 123 Å². The molecule has 0 bridgehead atoms. The summed E-state index contributed by atoms with van der Waals surface area (Å²) < 4.78 is 1.78. The summed E-state index contributed by atoms with van der Waals surface area (Å²) in [5.41, 5.74) is 0. The normalized spacial score (nSPS) is 15.8. The molecule has 1 amide bonds. The maximum Gasteiger partial charge on any atom is 0.225 e. The lowest BCUT2D eigenvalue weighted by Gasteiger charge is -2.20. The average Bonchev–Trinajstić information content (AvgIpc) is 3.02. The van der Waals surface area contributed by atoms with Gasteiger partial charge in [-0.05, 0) is 18.8 Å². The molecule has 0 unspecified atom stereocenters. The molecule has 1 saturated carbocycles. The second-order valence-corrected chi connectivity index (χ2v) is 5.49. The minimum absolute atomic E-state index is 0.0391. The molecule has 6 heteroatoms. The van der Waals surface area contributed by atoms with Crippen LogP contribution in [-0.4, -0.2) is 25.4 Å². The molecular weight excluding hydrogens is 266 g/mol. The lowest BCUT2D eigenvalue weighted by molar-refractivity contribution is -0.117. The van der Waals surface area contributed by atoms with Crippen molar-refractivity contribution in [1.82, 2.24) is 19.5 Å². The van der Waals surface area contributed by atoms with Crippen molar-refractivity contribution < 1.29 is 4.79 Å². The van der Waals surface area contributed by atoms with Crippen LogP contribution in [0.25, 0.3) is 5.82 Å². The Kier molecular flexibility index (Phi) is 4.23. The van der Waals surface area contributed by atoms with E-state index in [1.807, 2.05) is 0 Å². The third-order valence-corrected chi connectivity index (χ3v) is 3.89. The van der Waals surface area contributed by atoms with Gasteiger partial charge in [-0.1, -0.05) is 19.3 Å². The van der Waals surface area contributed by atoms with Gasteiger partial charge in [0.15, 0.2) is 0 Å². The zero-order valence-corrected chi connectivity index (χ0v) is 11.9. The van der Waals surface area contributed by atoms with Crippen molar-refractivity contribution in [3.63, 3.8) is 0 Å². The average molecular weight is 285 g/mol. The minimum Gasteiger partial charge on any atom is -0.311 e. The Morgan fingerprint density at radius 2 is 2.14 bits per heavy atom. The number of rotatable bonds is 4. The largest absolute Gasteiger partial charge is 0.311 e. The second kappa shape index (κ2) is 6.47. The Morgan fingerprint density at radius 1 is 1.29 bits per heavy atom. The molecule has 110 valence electrons. The van der Waals surface area contributed by atoms with E-state index in [4.69, 9.17) is 0 Å². The smallest absolute Gasteiger partial charge is 0.225 e. The molecule has 1 aliphatic carbocycles. The maximum atomic E-state index is 12.1. The van der Waals surface area contributed by atoms with Crippen LogP contribution in [0.2, 0.25) is 0 Å². The first-order valence-corrected chi connectivity index (χ1v) is 7.41. The van der Waals surface area contributed by atoms with Crippen molar-refractivity contribution in [3.05, 3.63) is 31.1 Å². The third-order valence-electron chi connectivity index (χ3n) is 3.89. The number of carbonyl (C=O) groups excluding carboxylic acids is 1. The summed E-state index contributed by atoms with van der Waals surface area (Å²) in [6.07, 6.45) is 13.3. The van der Waals surface area contributed by atoms with Crippen LogP contribution in [0, 0.1) is 5.92 Å². The number of carbonyl (C=O) groups is 1. The first-order chi connectivity index (χ1) is 10.3. The van der Waals surface area contributed by atoms with Gasteiger partial charge in [-0.15, -0.1) is 0 Å². The van der Waals surface area contributed by atoms with Gasteiger partial charge in [0, 0.05) is 24.9 Å². The van der Waals surface area contributed by atoms with Crippen LogP contribution in [0.15, 0.2) is 31.1 Å². The van der Waals surface area contributed by atoms with Crippen LogP contribution in [0.5, 0.6) is 0 Å². The summed E-state index contributed by atoms with van der Waals surface area (Å²) in [5.74, 6) is 1.79. The fraction of sp³-hybridized carbons (Fsp3) is 0.467. The number of amides is 1. The first kappa shape index (κ1) is 13.7. The van der Waals surface area contributed by atoms with Crippen molar-refractivity contribution in [2.75, 3.05) is 5.32 Å². The SMILES string of the molecule is O=C(CC1CCCCC1)Nc1cc(-n2ccnc2)ncn1. The fourth-order valence-corrected chi connectivity index (χ4v) is 2.80. The number of hydrogen-bond donors (Lipinski definition) is 1. The monoisotopic (exact) mass is 285 g/mol. The van der Waals surface area contributed by atoms with Crippen LogP contribution >= 0.6 is 0 Å². The van der Waals surface area contributed by atoms with E-state index in [-0.39, 0.29) is 5.91 Å². The number of anilines is 1. The van der Waals surface area contributed by atoms with Gasteiger partial charge in [-0.3, -0.25) is 9.36 Å². The van der Waals surface area contributed by atoms with Crippen LogP contribution < -0.4 is 5.32 Å². The Balaban J connectivity index is 1.62. The van der Waals surface area contributed by atoms with Crippen LogP contribution in [-0.2, 0) is 4.79 Å². The highest BCUT2D eigenvalue weighted by Gasteiger charge is 2.17. The predicted octanol–water partition coefficient (Wildman–Crippen LogP) is 2.57. The summed E-state index contributed by atoms with van der Waals surface area (Å²) in [6, 6.07) is 1.75. The molecule has 0 saturated heterocycles. The van der Waals surface area contributed by atoms with Gasteiger partial charge in [0.25, 0.3) is 0 Å². The quantitative estimate of drug-likeness (QED) is 0.937. The van der Waals surface area contributed by atoms with Gasteiger partial charge in [0.05, 0.1) is 0 Å². The lowest BCUT2D eigenvalue weighted by atomic mass is 9.87. The van der Waals surface area contributed by atoms with E-state index < -0.39 is 0 Å². The zero-order chi connectivity index (χ0) is 14.5. The van der Waals surface area contributed by atoms with Crippen molar-refractivity contribution in [3.8, 4) is 5.82 Å². The fourth-order valence-electron chi connectivity index (χ4n) is 2.80. The van der Waals surface area contributed by atoms with Crippen molar-refractivity contribution in [2.24, 2.45) is 5.92 Å². The van der Waals surface area contributed by atoms with Gasteiger partial charge in [0.1, 0.15) is 24.3 Å². The highest BCUT2D eigenvalue weighted by Crippen LogP contribution is 2.26. The highest BCUT2D eigenvalue weighted by molar-refractivity contribution is 5.90. The summed E-state index contributed by atoms with van der Waals surface area (Å²) in [5, 5.41) is 2.87. The number of aromatic nitrogens is 4. The predicted molar refractivity (Wildman–Crippen MR) is 79.0 cm³/mol. The molecular formula is C15H19N5O.